The third-order valence-corrected chi connectivity index (χ3v) is 3.95. The van der Waals surface area contributed by atoms with Gasteiger partial charge < -0.3 is 14.7 Å². The van der Waals surface area contributed by atoms with Crippen molar-refractivity contribution in [1.82, 2.24) is 4.90 Å². The monoisotopic (exact) mass is 265 g/mol. The minimum absolute atomic E-state index is 0.0163. The minimum atomic E-state index is -0.708. The highest BCUT2D eigenvalue weighted by molar-refractivity contribution is 6.01. The van der Waals surface area contributed by atoms with Crippen LogP contribution in [0.4, 0.5) is 0 Å². The number of aliphatic hydroxyl groups excluding tert-OH is 1. The first-order valence-electron chi connectivity index (χ1n) is 6.42. The van der Waals surface area contributed by atoms with Crippen LogP contribution in [0.1, 0.15) is 20.8 Å². The zero-order valence-corrected chi connectivity index (χ0v) is 11.6. The number of hydrogen-bond donors (Lipinski definition) is 1. The lowest BCUT2D eigenvalue weighted by Crippen LogP contribution is -2.63. The number of aliphatic hydroxyl groups is 1. The summed E-state index contributed by atoms with van der Waals surface area (Å²) in [6.07, 6.45) is 2.96. The van der Waals surface area contributed by atoms with Crippen LogP contribution in [0.25, 0.3) is 0 Å². The van der Waals surface area contributed by atoms with Crippen molar-refractivity contribution in [1.29, 1.82) is 0 Å². The topological polar surface area (TPSA) is 66.8 Å². The Balaban J connectivity index is 2.43. The molecule has 104 valence electrons. The Morgan fingerprint density at radius 1 is 1.53 bits per heavy atom. The summed E-state index contributed by atoms with van der Waals surface area (Å²) in [6.45, 7) is 5.43. The van der Waals surface area contributed by atoms with E-state index in [1.165, 1.54) is 12.0 Å². The Hall–Kier alpha value is -1.62. The molecule has 4 atom stereocenters. The van der Waals surface area contributed by atoms with E-state index in [1.54, 1.807) is 6.92 Å². The molecular weight excluding hydrogens is 246 g/mol. The molecule has 2 rings (SSSR count). The maximum atomic E-state index is 12.1. The fourth-order valence-electron chi connectivity index (χ4n) is 3.08. The van der Waals surface area contributed by atoms with Crippen molar-refractivity contribution in [3.63, 3.8) is 0 Å². The molecule has 0 spiro atoms. The molecule has 1 amide bonds. The van der Waals surface area contributed by atoms with Gasteiger partial charge in [0.05, 0.1) is 25.2 Å². The van der Waals surface area contributed by atoms with E-state index in [0.29, 0.717) is 5.70 Å². The molecule has 2 aliphatic heterocycles. The van der Waals surface area contributed by atoms with Crippen LogP contribution in [0, 0.1) is 11.8 Å². The quantitative estimate of drug-likeness (QED) is 0.607. The lowest BCUT2D eigenvalue weighted by atomic mass is 9.78. The SMILES string of the molecule is C/C=C/C1=C(C(=O)OC)N2C(=O)C(C(C)O)C2C1C. The molecule has 0 radical (unpaired) electrons. The number of amides is 1. The molecule has 0 aromatic carbocycles. The summed E-state index contributed by atoms with van der Waals surface area (Å²) in [5.41, 5.74) is 1.12. The zero-order valence-electron chi connectivity index (χ0n) is 11.6. The summed E-state index contributed by atoms with van der Waals surface area (Å²) in [5.74, 6) is -1.12. The van der Waals surface area contributed by atoms with Gasteiger partial charge >= 0.3 is 5.97 Å². The highest BCUT2D eigenvalue weighted by Crippen LogP contribution is 2.47. The van der Waals surface area contributed by atoms with Crippen molar-refractivity contribution in [2.75, 3.05) is 7.11 Å². The predicted octanol–water partition coefficient (Wildman–Crippen LogP) is 0.847. The van der Waals surface area contributed by atoms with E-state index in [4.69, 9.17) is 4.74 Å². The number of esters is 1. The number of β-lactam (4-membered cyclic amide) rings is 1. The van der Waals surface area contributed by atoms with Crippen molar-refractivity contribution >= 4 is 11.9 Å². The average Bonchev–Trinajstić information content (AvgIpc) is 2.59. The van der Waals surface area contributed by atoms with Gasteiger partial charge in [-0.3, -0.25) is 4.79 Å². The summed E-state index contributed by atoms with van der Waals surface area (Å²) in [5, 5.41) is 9.71. The van der Waals surface area contributed by atoms with Crippen molar-refractivity contribution in [2.45, 2.75) is 32.9 Å². The second-order valence-corrected chi connectivity index (χ2v) is 5.05. The number of fused-ring (bicyclic) bond motifs is 1. The second kappa shape index (κ2) is 4.81. The molecule has 0 aliphatic carbocycles. The third-order valence-electron chi connectivity index (χ3n) is 3.95. The van der Waals surface area contributed by atoms with Crippen LogP contribution in [0.5, 0.6) is 0 Å². The molecular formula is C14H19NO4. The molecule has 1 N–H and O–H groups in total. The molecule has 0 bridgehead atoms. The van der Waals surface area contributed by atoms with E-state index in [0.717, 1.165) is 5.57 Å². The van der Waals surface area contributed by atoms with Gasteiger partial charge in [0.15, 0.2) is 0 Å². The zero-order chi connectivity index (χ0) is 14.3. The summed E-state index contributed by atoms with van der Waals surface area (Å²) < 4.78 is 4.77. The summed E-state index contributed by atoms with van der Waals surface area (Å²) in [4.78, 5) is 25.5. The lowest BCUT2D eigenvalue weighted by molar-refractivity contribution is -0.163. The molecule has 0 saturated carbocycles. The molecule has 0 aromatic heterocycles. The van der Waals surface area contributed by atoms with Crippen LogP contribution >= 0.6 is 0 Å². The summed E-state index contributed by atoms with van der Waals surface area (Å²) >= 11 is 0. The van der Waals surface area contributed by atoms with Gasteiger partial charge in [-0.1, -0.05) is 19.1 Å². The smallest absolute Gasteiger partial charge is 0.355 e. The first kappa shape index (κ1) is 13.8. The minimum Gasteiger partial charge on any atom is -0.464 e. The van der Waals surface area contributed by atoms with E-state index in [9.17, 15) is 14.7 Å². The predicted molar refractivity (Wildman–Crippen MR) is 68.8 cm³/mol. The Morgan fingerprint density at radius 2 is 2.16 bits per heavy atom. The number of rotatable bonds is 3. The normalized spacial score (nSPS) is 31.5. The van der Waals surface area contributed by atoms with Crippen LogP contribution < -0.4 is 0 Å². The Kier molecular flexibility index (Phi) is 3.49. The van der Waals surface area contributed by atoms with Gasteiger partial charge in [0, 0.05) is 5.92 Å². The third kappa shape index (κ3) is 1.80. The van der Waals surface area contributed by atoms with E-state index in [-0.39, 0.29) is 17.9 Å². The Bertz CT molecular complexity index is 478. The molecule has 2 aliphatic rings. The van der Waals surface area contributed by atoms with Gasteiger partial charge in [0.25, 0.3) is 0 Å². The van der Waals surface area contributed by atoms with Crippen LogP contribution in [0.3, 0.4) is 0 Å². The van der Waals surface area contributed by atoms with Gasteiger partial charge in [-0.2, -0.15) is 0 Å². The fraction of sp³-hybridized carbons (Fsp3) is 0.571. The van der Waals surface area contributed by atoms with Crippen molar-refractivity contribution in [3.8, 4) is 0 Å². The van der Waals surface area contributed by atoms with E-state index < -0.39 is 18.0 Å². The summed E-state index contributed by atoms with van der Waals surface area (Å²) in [7, 11) is 1.30. The van der Waals surface area contributed by atoms with Crippen molar-refractivity contribution < 1.29 is 19.4 Å². The number of methoxy groups -OCH3 is 1. The van der Waals surface area contributed by atoms with Crippen LogP contribution in [-0.4, -0.2) is 41.1 Å². The molecule has 19 heavy (non-hydrogen) atoms. The maximum absolute atomic E-state index is 12.1. The van der Waals surface area contributed by atoms with Gasteiger partial charge in [-0.25, -0.2) is 4.79 Å². The first-order valence-corrected chi connectivity index (χ1v) is 6.42. The Labute approximate surface area is 112 Å². The molecule has 5 nitrogen and oxygen atoms in total. The number of nitrogens with zero attached hydrogens (tertiary/aromatic N) is 1. The van der Waals surface area contributed by atoms with Crippen LogP contribution in [-0.2, 0) is 14.3 Å². The second-order valence-electron chi connectivity index (χ2n) is 5.05. The first-order chi connectivity index (χ1) is 8.95. The molecule has 4 unspecified atom stereocenters. The number of ether oxygens (including phenoxy) is 1. The number of carbonyl (C=O) groups is 2. The molecule has 0 aromatic rings. The Morgan fingerprint density at radius 3 is 2.63 bits per heavy atom. The maximum Gasteiger partial charge on any atom is 0.355 e. The van der Waals surface area contributed by atoms with E-state index in [2.05, 4.69) is 0 Å². The largest absolute Gasteiger partial charge is 0.464 e. The van der Waals surface area contributed by atoms with Gasteiger partial charge in [-0.15, -0.1) is 0 Å². The highest BCUT2D eigenvalue weighted by Gasteiger charge is 2.59. The molecule has 1 fully saturated rings. The van der Waals surface area contributed by atoms with Gasteiger partial charge in [-0.05, 0) is 19.4 Å². The standard InChI is InChI=1S/C14H19NO4/c1-5-6-9-7(2)11-10(8(3)16)13(17)15(11)12(9)14(18)19-4/h5-8,10-11,16H,1-4H3/b6-5+. The van der Waals surface area contributed by atoms with Crippen molar-refractivity contribution in [3.05, 3.63) is 23.4 Å². The van der Waals surface area contributed by atoms with Crippen molar-refractivity contribution in [2.24, 2.45) is 11.8 Å². The summed E-state index contributed by atoms with van der Waals surface area (Å²) in [6, 6.07) is -0.146. The van der Waals surface area contributed by atoms with Gasteiger partial charge in [0.2, 0.25) is 5.91 Å². The number of allylic oxidation sites excluding steroid dienone is 2. The van der Waals surface area contributed by atoms with E-state index in [1.807, 2.05) is 26.0 Å². The molecule has 2 heterocycles. The van der Waals surface area contributed by atoms with Crippen LogP contribution in [0.2, 0.25) is 0 Å². The average molecular weight is 265 g/mol. The van der Waals surface area contributed by atoms with E-state index >= 15 is 0 Å². The number of carbonyl (C=O) groups excluding carboxylic acids is 2. The fourth-order valence-corrected chi connectivity index (χ4v) is 3.08. The number of hydrogen-bond acceptors (Lipinski definition) is 4. The van der Waals surface area contributed by atoms with Crippen LogP contribution in [0.15, 0.2) is 23.4 Å². The van der Waals surface area contributed by atoms with Gasteiger partial charge in [0.1, 0.15) is 5.70 Å². The molecule has 5 heteroatoms. The lowest BCUT2D eigenvalue weighted by Gasteiger charge is -2.46. The molecule has 1 saturated heterocycles. The highest BCUT2D eigenvalue weighted by atomic mass is 16.5.